The van der Waals surface area contributed by atoms with Crippen LogP contribution in [-0.4, -0.2) is 51.6 Å². The van der Waals surface area contributed by atoms with Crippen LogP contribution in [0.4, 0.5) is 0 Å². The van der Waals surface area contributed by atoms with Gasteiger partial charge in [0.05, 0.1) is 28.5 Å². The molecule has 7 heteroatoms. The fourth-order valence-corrected chi connectivity index (χ4v) is 5.19. The van der Waals surface area contributed by atoms with Gasteiger partial charge in [-0.1, -0.05) is 29.8 Å². The number of benzene rings is 1. The number of halogens is 1. The molecule has 168 valence electrons. The molecule has 4 rings (SSSR count). The lowest BCUT2D eigenvalue weighted by Gasteiger charge is -2.28. The average molecular weight is 468 g/mol. The van der Waals surface area contributed by atoms with E-state index in [9.17, 15) is 0 Å². The van der Waals surface area contributed by atoms with Gasteiger partial charge >= 0.3 is 0 Å². The standard InChI is InChI=1S/C25H30ClN5S/c1-17-16-19(18(2)31(17)22-12-6-5-10-20(22)26)24-23(21-11-7-8-13-27-21)28-25(32)30(24)15-9-14-29(3)4/h5-8,10-13,16,23-24H,9,14-15H2,1-4H3,(H,28,32)/t23-,24+/m0/s1. The summed E-state index contributed by atoms with van der Waals surface area (Å²) in [6.07, 6.45) is 2.88. The molecule has 1 aromatic carbocycles. The maximum atomic E-state index is 6.57. The Bertz CT molecular complexity index is 1090. The number of nitrogens with zero attached hydrogens (tertiary/aromatic N) is 4. The van der Waals surface area contributed by atoms with Gasteiger partial charge in [-0.15, -0.1) is 0 Å². The molecule has 0 aliphatic carbocycles. The largest absolute Gasteiger partial charge is 0.352 e. The minimum atomic E-state index is -0.0109. The molecule has 3 heterocycles. The highest BCUT2D eigenvalue weighted by molar-refractivity contribution is 7.80. The van der Waals surface area contributed by atoms with Gasteiger partial charge in [-0.05, 0) is 89.0 Å². The number of hydrogen-bond donors (Lipinski definition) is 1. The van der Waals surface area contributed by atoms with Gasteiger partial charge in [-0.2, -0.15) is 0 Å². The Hall–Kier alpha value is -2.41. The zero-order valence-corrected chi connectivity index (χ0v) is 20.6. The molecule has 1 saturated heterocycles. The number of aryl methyl sites for hydroxylation is 1. The number of nitrogens with one attached hydrogen (secondary N) is 1. The first kappa shape index (κ1) is 22.8. The Labute approximate surface area is 201 Å². The van der Waals surface area contributed by atoms with Crippen LogP contribution in [0, 0.1) is 13.8 Å². The second kappa shape index (κ2) is 9.61. The first-order valence-corrected chi connectivity index (χ1v) is 11.7. The van der Waals surface area contributed by atoms with Gasteiger partial charge in [0.2, 0.25) is 0 Å². The number of aromatic nitrogens is 2. The predicted molar refractivity (Wildman–Crippen MR) is 136 cm³/mol. The van der Waals surface area contributed by atoms with E-state index in [0.717, 1.165) is 46.7 Å². The highest BCUT2D eigenvalue weighted by Crippen LogP contribution is 2.41. The van der Waals surface area contributed by atoms with Crippen LogP contribution in [0.5, 0.6) is 0 Å². The average Bonchev–Trinajstić information content (AvgIpc) is 3.24. The third-order valence-corrected chi connectivity index (χ3v) is 6.76. The Morgan fingerprint density at radius 1 is 1.12 bits per heavy atom. The lowest BCUT2D eigenvalue weighted by Crippen LogP contribution is -2.32. The summed E-state index contributed by atoms with van der Waals surface area (Å²) >= 11 is 12.4. The summed E-state index contributed by atoms with van der Waals surface area (Å²) in [7, 11) is 4.21. The maximum Gasteiger partial charge on any atom is 0.170 e. The van der Waals surface area contributed by atoms with Gasteiger partial charge in [0.1, 0.15) is 0 Å². The summed E-state index contributed by atoms with van der Waals surface area (Å²) in [4.78, 5) is 9.20. The van der Waals surface area contributed by atoms with Crippen LogP contribution >= 0.6 is 23.8 Å². The molecular weight excluding hydrogens is 438 g/mol. The van der Waals surface area contributed by atoms with Gasteiger partial charge in [0, 0.05) is 24.1 Å². The summed E-state index contributed by atoms with van der Waals surface area (Å²) < 4.78 is 2.24. The molecule has 1 fully saturated rings. The molecule has 1 aliphatic heterocycles. The zero-order valence-electron chi connectivity index (χ0n) is 19.0. The highest BCUT2D eigenvalue weighted by atomic mass is 35.5. The minimum absolute atomic E-state index is 0.0109. The Kier molecular flexibility index (Phi) is 6.84. The quantitative estimate of drug-likeness (QED) is 0.491. The molecule has 0 amide bonds. The van der Waals surface area contributed by atoms with E-state index in [1.807, 2.05) is 36.5 Å². The van der Waals surface area contributed by atoms with Gasteiger partial charge in [-0.3, -0.25) is 4.98 Å². The van der Waals surface area contributed by atoms with Crippen LogP contribution in [-0.2, 0) is 0 Å². The molecule has 0 bridgehead atoms. The SMILES string of the molecule is Cc1cc([C@@H]2[C@H](c3ccccn3)NC(=S)N2CCCN(C)C)c(C)n1-c1ccccc1Cl. The van der Waals surface area contributed by atoms with Crippen molar-refractivity contribution in [1.82, 2.24) is 24.7 Å². The number of hydrogen-bond acceptors (Lipinski definition) is 3. The highest BCUT2D eigenvalue weighted by Gasteiger charge is 2.41. The number of thiocarbonyl (C=S) groups is 1. The van der Waals surface area contributed by atoms with E-state index < -0.39 is 0 Å². The second-order valence-corrected chi connectivity index (χ2v) is 9.38. The summed E-state index contributed by atoms with van der Waals surface area (Å²) in [5.74, 6) is 0. The van der Waals surface area contributed by atoms with Crippen molar-refractivity contribution in [3.8, 4) is 5.69 Å². The molecular formula is C25H30ClN5S. The smallest absolute Gasteiger partial charge is 0.170 e. The zero-order chi connectivity index (χ0) is 22.8. The van der Waals surface area contributed by atoms with Crippen molar-refractivity contribution in [2.24, 2.45) is 0 Å². The number of rotatable bonds is 7. The molecule has 3 aromatic rings. The van der Waals surface area contributed by atoms with Crippen LogP contribution in [0.2, 0.25) is 5.02 Å². The fourth-order valence-electron chi connectivity index (χ4n) is 4.63. The van der Waals surface area contributed by atoms with E-state index in [1.165, 1.54) is 11.3 Å². The van der Waals surface area contributed by atoms with Gasteiger partial charge in [-0.25, -0.2) is 0 Å². The third-order valence-electron chi connectivity index (χ3n) is 6.08. The number of pyridine rings is 1. The fraction of sp³-hybridized carbons (Fsp3) is 0.360. The van der Waals surface area contributed by atoms with Crippen LogP contribution in [0.3, 0.4) is 0 Å². The van der Waals surface area contributed by atoms with Crippen molar-refractivity contribution in [1.29, 1.82) is 0 Å². The van der Waals surface area contributed by atoms with E-state index in [1.54, 1.807) is 0 Å². The lowest BCUT2D eigenvalue weighted by atomic mass is 9.96. The maximum absolute atomic E-state index is 6.57. The van der Waals surface area contributed by atoms with Crippen molar-refractivity contribution < 1.29 is 0 Å². The van der Waals surface area contributed by atoms with E-state index in [4.69, 9.17) is 23.8 Å². The first-order valence-electron chi connectivity index (χ1n) is 10.9. The topological polar surface area (TPSA) is 36.3 Å². The number of para-hydroxylation sites is 1. The molecule has 32 heavy (non-hydrogen) atoms. The van der Waals surface area contributed by atoms with Crippen molar-refractivity contribution in [3.05, 3.63) is 82.4 Å². The molecule has 2 atom stereocenters. The molecule has 2 aromatic heterocycles. The molecule has 1 N–H and O–H groups in total. The van der Waals surface area contributed by atoms with E-state index >= 15 is 0 Å². The summed E-state index contributed by atoms with van der Waals surface area (Å²) in [6.45, 7) is 6.19. The first-order chi connectivity index (χ1) is 15.4. The van der Waals surface area contributed by atoms with Gasteiger partial charge in [0.15, 0.2) is 5.11 Å². The molecule has 0 unspecified atom stereocenters. The molecule has 0 radical (unpaired) electrons. The second-order valence-electron chi connectivity index (χ2n) is 8.59. The Morgan fingerprint density at radius 2 is 1.88 bits per heavy atom. The molecule has 0 spiro atoms. The Balaban J connectivity index is 1.78. The van der Waals surface area contributed by atoms with Crippen molar-refractivity contribution in [2.45, 2.75) is 32.4 Å². The van der Waals surface area contributed by atoms with E-state index in [0.29, 0.717) is 0 Å². The van der Waals surface area contributed by atoms with Crippen LogP contribution in [0.25, 0.3) is 5.69 Å². The van der Waals surface area contributed by atoms with Crippen LogP contribution in [0.1, 0.15) is 41.1 Å². The molecule has 1 aliphatic rings. The summed E-state index contributed by atoms with van der Waals surface area (Å²) in [5, 5.41) is 5.08. The van der Waals surface area contributed by atoms with Crippen LogP contribution < -0.4 is 5.32 Å². The normalized spacial score (nSPS) is 18.4. The lowest BCUT2D eigenvalue weighted by molar-refractivity contribution is 0.292. The summed E-state index contributed by atoms with van der Waals surface area (Å²) in [5.41, 5.74) is 5.56. The Morgan fingerprint density at radius 3 is 2.56 bits per heavy atom. The molecule has 5 nitrogen and oxygen atoms in total. The van der Waals surface area contributed by atoms with E-state index in [-0.39, 0.29) is 12.1 Å². The summed E-state index contributed by atoms with van der Waals surface area (Å²) in [6, 6.07) is 16.4. The van der Waals surface area contributed by atoms with Crippen molar-refractivity contribution >= 4 is 28.9 Å². The van der Waals surface area contributed by atoms with Crippen LogP contribution in [0.15, 0.2) is 54.7 Å². The molecule has 0 saturated carbocycles. The third kappa shape index (κ3) is 4.40. The monoisotopic (exact) mass is 467 g/mol. The van der Waals surface area contributed by atoms with Gasteiger partial charge in [0.25, 0.3) is 0 Å². The van der Waals surface area contributed by atoms with Crippen molar-refractivity contribution in [2.75, 3.05) is 27.2 Å². The van der Waals surface area contributed by atoms with Crippen molar-refractivity contribution in [3.63, 3.8) is 0 Å². The minimum Gasteiger partial charge on any atom is -0.352 e. The van der Waals surface area contributed by atoms with E-state index in [2.05, 4.69) is 70.8 Å². The predicted octanol–water partition coefficient (Wildman–Crippen LogP) is 5.07. The van der Waals surface area contributed by atoms with Gasteiger partial charge < -0.3 is 19.7 Å².